The monoisotopic (exact) mass is 272 g/mol. The molecule has 1 heterocycles. The molecule has 3 N–H and O–H groups in total. The molecule has 0 saturated heterocycles. The van der Waals surface area contributed by atoms with E-state index in [1.54, 1.807) is 48.7 Å². The number of carbonyl (C=O) groups is 1. The number of hydrogen-bond donors (Lipinski definition) is 1. The van der Waals surface area contributed by atoms with Gasteiger partial charge in [0.1, 0.15) is 5.75 Å². The number of H-pyrrole nitrogens is 1. The number of aromatic nitrogens is 1. The van der Waals surface area contributed by atoms with Gasteiger partial charge in [-0.05, 0) is 24.3 Å². The summed E-state index contributed by atoms with van der Waals surface area (Å²) in [4.78, 5) is 19.5. The molecule has 2 aromatic rings. The Balaban J connectivity index is 2.08. The lowest BCUT2D eigenvalue weighted by Gasteiger charge is -2.02. The Kier molecular flexibility index (Phi) is 4.28. The zero-order chi connectivity index (χ0) is 14.4. The molecule has 0 amide bonds. The lowest BCUT2D eigenvalue weighted by Crippen LogP contribution is -2.24. The highest BCUT2D eigenvalue weighted by Gasteiger charge is 2.11. The fourth-order valence-corrected chi connectivity index (χ4v) is 1.50. The molecule has 102 valence electrons. The van der Waals surface area contributed by atoms with Gasteiger partial charge in [0.05, 0.1) is 12.7 Å². The Morgan fingerprint density at radius 2 is 2.10 bits per heavy atom. The van der Waals surface area contributed by atoms with E-state index in [-0.39, 0.29) is 5.84 Å². The largest absolute Gasteiger partial charge is 0.497 e. The van der Waals surface area contributed by atoms with Gasteiger partial charge in [-0.15, -0.1) is 0 Å². The number of nitrogens with zero attached hydrogens (tertiary/aromatic N) is 1. The van der Waals surface area contributed by atoms with E-state index in [9.17, 15) is 4.79 Å². The minimum absolute atomic E-state index is 0.0850. The minimum Gasteiger partial charge on any atom is -0.497 e. The average Bonchev–Trinajstić information content (AvgIpc) is 2.53. The van der Waals surface area contributed by atoms with Crippen LogP contribution in [0.2, 0.25) is 0 Å². The third-order valence-corrected chi connectivity index (χ3v) is 2.52. The number of aromatic amines is 1. The number of oxime groups is 1. The van der Waals surface area contributed by atoms with Crippen molar-refractivity contribution in [1.82, 2.24) is 0 Å². The van der Waals surface area contributed by atoms with Crippen molar-refractivity contribution >= 4 is 11.8 Å². The van der Waals surface area contributed by atoms with E-state index in [1.807, 2.05) is 0 Å². The molecule has 0 bridgehead atoms. The van der Waals surface area contributed by atoms with Crippen molar-refractivity contribution in [2.24, 2.45) is 10.9 Å². The van der Waals surface area contributed by atoms with Crippen molar-refractivity contribution in [3.63, 3.8) is 0 Å². The Morgan fingerprint density at radius 3 is 2.80 bits per heavy atom. The summed E-state index contributed by atoms with van der Waals surface area (Å²) in [6.45, 7) is 0. The molecule has 0 atom stereocenters. The van der Waals surface area contributed by atoms with E-state index in [4.69, 9.17) is 15.3 Å². The van der Waals surface area contributed by atoms with Crippen LogP contribution in [-0.4, -0.2) is 18.9 Å². The molecule has 0 unspecified atom stereocenters. The molecule has 0 saturated carbocycles. The van der Waals surface area contributed by atoms with Crippen molar-refractivity contribution in [2.75, 3.05) is 7.11 Å². The number of pyridine rings is 1. The lowest BCUT2D eigenvalue weighted by molar-refractivity contribution is -0.380. The predicted octanol–water partition coefficient (Wildman–Crippen LogP) is 0.987. The number of nitrogens with one attached hydrogen (secondary N) is 1. The highest BCUT2D eigenvalue weighted by atomic mass is 16.7. The maximum absolute atomic E-state index is 11.8. The topological polar surface area (TPSA) is 88.0 Å². The molecule has 1 aromatic carbocycles. The van der Waals surface area contributed by atoms with Gasteiger partial charge in [-0.3, -0.25) is 0 Å². The molecule has 0 aliphatic rings. The summed E-state index contributed by atoms with van der Waals surface area (Å²) in [6.07, 6.45) is 1.70. The highest BCUT2D eigenvalue weighted by Crippen LogP contribution is 2.13. The number of hydrogen-bond acceptors (Lipinski definition) is 4. The quantitative estimate of drug-likeness (QED) is 0.389. The number of amidine groups is 1. The molecule has 1 aromatic heterocycles. The van der Waals surface area contributed by atoms with E-state index >= 15 is 0 Å². The maximum Gasteiger partial charge on any atom is 0.365 e. The van der Waals surface area contributed by atoms with Gasteiger partial charge in [0, 0.05) is 12.1 Å². The number of nitrogens with two attached hydrogens (primary N) is 1. The first-order valence-corrected chi connectivity index (χ1v) is 5.86. The molecule has 0 spiro atoms. The van der Waals surface area contributed by atoms with Gasteiger partial charge in [-0.2, -0.15) is 0 Å². The smallest absolute Gasteiger partial charge is 0.365 e. The Labute approximate surface area is 115 Å². The van der Waals surface area contributed by atoms with Crippen molar-refractivity contribution in [3.8, 4) is 5.75 Å². The van der Waals surface area contributed by atoms with Crippen LogP contribution < -0.4 is 15.5 Å². The van der Waals surface area contributed by atoms with Crippen LogP contribution in [-0.2, 0) is 4.84 Å². The molecule has 20 heavy (non-hydrogen) atoms. The molecule has 0 fully saturated rings. The fourth-order valence-electron chi connectivity index (χ4n) is 1.50. The number of rotatable bonds is 4. The highest BCUT2D eigenvalue weighted by molar-refractivity contribution is 5.95. The molecule has 0 aliphatic carbocycles. The molecule has 0 radical (unpaired) electrons. The number of carbonyl (C=O) groups excluding carboxylic acids is 1. The van der Waals surface area contributed by atoms with Gasteiger partial charge in [0.25, 0.3) is 0 Å². The Hall–Kier alpha value is -2.89. The van der Waals surface area contributed by atoms with Crippen LogP contribution >= 0.6 is 0 Å². The van der Waals surface area contributed by atoms with Crippen LogP contribution in [0.1, 0.15) is 16.1 Å². The van der Waals surface area contributed by atoms with E-state index in [1.165, 1.54) is 7.11 Å². The summed E-state index contributed by atoms with van der Waals surface area (Å²) in [5, 5.41) is 3.60. The van der Waals surface area contributed by atoms with Crippen LogP contribution in [0.25, 0.3) is 0 Å². The van der Waals surface area contributed by atoms with Gasteiger partial charge in [-0.25, -0.2) is 9.78 Å². The van der Waals surface area contributed by atoms with Crippen molar-refractivity contribution in [1.29, 1.82) is 0 Å². The zero-order valence-corrected chi connectivity index (χ0v) is 10.9. The van der Waals surface area contributed by atoms with Gasteiger partial charge in [0.15, 0.2) is 6.20 Å². The standard InChI is InChI=1S/C14H13N3O3/c1-19-11-6-4-5-10(9-11)14(18)20-17-13(15)12-7-2-3-8-16-12/h2-9H,1H3,(H2,15,17)/p+1. The van der Waals surface area contributed by atoms with Crippen molar-refractivity contribution in [2.45, 2.75) is 0 Å². The molecular formula is C14H14N3O3+. The summed E-state index contributed by atoms with van der Waals surface area (Å²) in [6, 6.07) is 11.9. The number of benzene rings is 1. The van der Waals surface area contributed by atoms with Crippen LogP contribution in [0.5, 0.6) is 5.75 Å². The van der Waals surface area contributed by atoms with Crippen molar-refractivity contribution < 1.29 is 19.4 Å². The number of ether oxygens (including phenoxy) is 1. The summed E-state index contributed by atoms with van der Waals surface area (Å²) >= 11 is 0. The summed E-state index contributed by atoms with van der Waals surface area (Å²) in [5.41, 5.74) is 6.59. The first-order chi connectivity index (χ1) is 9.70. The molecular weight excluding hydrogens is 258 g/mol. The first kappa shape index (κ1) is 13.5. The molecule has 6 nitrogen and oxygen atoms in total. The SMILES string of the molecule is COc1cccc(C(=O)ON=C(N)c2cccc[nH+]2)c1. The third kappa shape index (κ3) is 3.32. The lowest BCUT2D eigenvalue weighted by atomic mass is 10.2. The maximum atomic E-state index is 11.8. The number of methoxy groups -OCH3 is 1. The van der Waals surface area contributed by atoms with Gasteiger partial charge in [-0.1, -0.05) is 11.2 Å². The molecule has 6 heteroatoms. The van der Waals surface area contributed by atoms with Gasteiger partial charge < -0.3 is 15.3 Å². The fraction of sp³-hybridized carbons (Fsp3) is 0.0714. The van der Waals surface area contributed by atoms with Gasteiger partial charge in [0.2, 0.25) is 11.5 Å². The average molecular weight is 272 g/mol. The van der Waals surface area contributed by atoms with E-state index in [0.717, 1.165) is 0 Å². The Morgan fingerprint density at radius 1 is 1.25 bits per heavy atom. The van der Waals surface area contributed by atoms with Crippen LogP contribution in [0, 0.1) is 0 Å². The van der Waals surface area contributed by atoms with Crippen LogP contribution in [0.3, 0.4) is 0 Å². The van der Waals surface area contributed by atoms with E-state index in [2.05, 4.69) is 10.1 Å². The summed E-state index contributed by atoms with van der Waals surface area (Å²) in [7, 11) is 1.52. The zero-order valence-electron chi connectivity index (χ0n) is 10.9. The predicted molar refractivity (Wildman–Crippen MR) is 72.1 cm³/mol. The second kappa shape index (κ2) is 6.33. The molecule has 2 rings (SSSR count). The van der Waals surface area contributed by atoms with Crippen molar-refractivity contribution in [3.05, 3.63) is 59.9 Å². The molecule has 0 aliphatic heterocycles. The van der Waals surface area contributed by atoms with E-state index in [0.29, 0.717) is 17.0 Å². The van der Waals surface area contributed by atoms with Crippen LogP contribution in [0.4, 0.5) is 0 Å². The summed E-state index contributed by atoms with van der Waals surface area (Å²) in [5.74, 6) is 0.0393. The third-order valence-electron chi connectivity index (χ3n) is 2.52. The minimum atomic E-state index is -0.609. The normalized spacial score (nSPS) is 10.9. The Bertz CT molecular complexity index is 627. The second-order valence-corrected chi connectivity index (χ2v) is 3.86. The second-order valence-electron chi connectivity index (χ2n) is 3.86. The first-order valence-electron chi connectivity index (χ1n) is 5.86. The van der Waals surface area contributed by atoms with Crippen LogP contribution in [0.15, 0.2) is 53.8 Å². The summed E-state index contributed by atoms with van der Waals surface area (Å²) < 4.78 is 5.03. The van der Waals surface area contributed by atoms with E-state index < -0.39 is 5.97 Å². The van der Waals surface area contributed by atoms with Gasteiger partial charge >= 0.3 is 5.97 Å².